The van der Waals surface area contributed by atoms with Crippen LogP contribution >= 0.6 is 0 Å². The Bertz CT molecular complexity index is 702. The number of amides is 2. The van der Waals surface area contributed by atoms with E-state index in [0.717, 1.165) is 29.2 Å². The molecule has 0 aromatic heterocycles. The number of hydrogen-bond acceptors (Lipinski definition) is 2. The molecule has 1 fully saturated rings. The van der Waals surface area contributed by atoms with Gasteiger partial charge in [0.25, 0.3) is 0 Å². The van der Waals surface area contributed by atoms with Gasteiger partial charge >= 0.3 is 24.4 Å². The number of likely N-dealkylation sites (tertiary alicyclic amines) is 1. The predicted octanol–water partition coefficient (Wildman–Crippen LogP) is 3.67. The van der Waals surface area contributed by atoms with E-state index in [0.29, 0.717) is 5.56 Å². The van der Waals surface area contributed by atoms with Crippen LogP contribution in [-0.4, -0.2) is 41.3 Å². The lowest BCUT2D eigenvalue weighted by Crippen LogP contribution is -2.40. The average molecular weight is 398 g/mol. The lowest BCUT2D eigenvalue weighted by Gasteiger charge is -2.22. The zero-order valence-corrected chi connectivity index (χ0v) is 13.9. The molecule has 0 unspecified atom stereocenters. The van der Waals surface area contributed by atoms with Crippen LogP contribution < -0.4 is 5.32 Å². The van der Waals surface area contributed by atoms with Crippen LogP contribution in [0.5, 0.6) is 0 Å². The number of halogens is 6. The summed E-state index contributed by atoms with van der Waals surface area (Å²) in [6.07, 6.45) is -9.28. The van der Waals surface area contributed by atoms with Crippen molar-refractivity contribution < 1.29 is 41.0 Å². The van der Waals surface area contributed by atoms with Gasteiger partial charge in [0.1, 0.15) is 0 Å². The molecule has 3 atom stereocenters. The van der Waals surface area contributed by atoms with Crippen molar-refractivity contribution in [3.05, 3.63) is 35.4 Å². The van der Waals surface area contributed by atoms with E-state index in [2.05, 4.69) is 5.32 Å². The first-order chi connectivity index (χ1) is 12.3. The number of aliphatic carboxylic acids is 1. The Labute approximate surface area is 149 Å². The summed E-state index contributed by atoms with van der Waals surface area (Å²) >= 11 is 0. The second kappa shape index (κ2) is 7.28. The molecule has 0 spiro atoms. The Morgan fingerprint density at radius 1 is 1.11 bits per heavy atom. The van der Waals surface area contributed by atoms with Crippen molar-refractivity contribution in [1.82, 2.24) is 10.2 Å². The number of carbonyl (C=O) groups excluding carboxylic acids is 1. The van der Waals surface area contributed by atoms with Gasteiger partial charge in [-0.1, -0.05) is 12.1 Å². The highest BCUT2D eigenvalue weighted by atomic mass is 19.4. The van der Waals surface area contributed by atoms with Gasteiger partial charge in [0.05, 0.1) is 23.4 Å². The summed E-state index contributed by atoms with van der Waals surface area (Å²) in [6, 6.07) is 2.25. The minimum absolute atomic E-state index is 0.317. The van der Waals surface area contributed by atoms with Crippen molar-refractivity contribution >= 4 is 12.0 Å². The molecule has 11 heteroatoms. The SMILES string of the molecule is C[C@H](NC(=O)N1C[C@@H](C(F)(F)F)[C@H](C(=O)O)C1)c1ccc(C(F)(F)F)cc1. The zero-order valence-electron chi connectivity index (χ0n) is 13.9. The number of urea groups is 1. The van der Waals surface area contributed by atoms with Crippen LogP contribution in [0, 0.1) is 11.8 Å². The summed E-state index contributed by atoms with van der Waals surface area (Å²) in [4.78, 5) is 24.0. The molecule has 1 aromatic carbocycles. The van der Waals surface area contributed by atoms with E-state index in [4.69, 9.17) is 5.11 Å². The fraction of sp³-hybridized carbons (Fsp3) is 0.500. The smallest absolute Gasteiger partial charge is 0.416 e. The Balaban J connectivity index is 2.05. The molecule has 1 aromatic rings. The molecular weight excluding hydrogens is 382 g/mol. The highest BCUT2D eigenvalue weighted by Gasteiger charge is 2.53. The molecule has 1 heterocycles. The standard InChI is InChI=1S/C16H16F6N2O3/c1-8(9-2-4-10(5-3-9)15(17,18)19)23-14(27)24-6-11(13(25)26)12(7-24)16(20,21)22/h2-5,8,11-12H,6-7H2,1H3,(H,23,27)(H,25,26)/t8-,11+,12+/m0/s1. The molecule has 0 saturated carbocycles. The van der Waals surface area contributed by atoms with Gasteiger partial charge in [-0.15, -0.1) is 0 Å². The van der Waals surface area contributed by atoms with Gasteiger partial charge < -0.3 is 15.3 Å². The number of hydrogen-bond donors (Lipinski definition) is 2. The third kappa shape index (κ3) is 4.83. The maximum atomic E-state index is 13.0. The van der Waals surface area contributed by atoms with E-state index in [1.54, 1.807) is 0 Å². The Morgan fingerprint density at radius 2 is 1.67 bits per heavy atom. The molecule has 5 nitrogen and oxygen atoms in total. The van der Waals surface area contributed by atoms with Gasteiger partial charge in [0, 0.05) is 13.1 Å². The van der Waals surface area contributed by atoms with Crippen LogP contribution in [0.2, 0.25) is 0 Å². The topological polar surface area (TPSA) is 69.6 Å². The summed E-state index contributed by atoms with van der Waals surface area (Å²) in [5.74, 6) is -5.59. The van der Waals surface area contributed by atoms with Crippen molar-refractivity contribution in [3.8, 4) is 0 Å². The summed E-state index contributed by atoms with van der Waals surface area (Å²) in [5.41, 5.74) is -0.556. The molecule has 1 aliphatic rings. The van der Waals surface area contributed by atoms with E-state index >= 15 is 0 Å². The molecule has 27 heavy (non-hydrogen) atoms. The summed E-state index contributed by atoms with van der Waals surface area (Å²) < 4.78 is 76.5. The number of nitrogens with one attached hydrogen (secondary N) is 1. The number of carboxylic acids is 1. The van der Waals surface area contributed by atoms with E-state index in [-0.39, 0.29) is 0 Å². The molecule has 1 aliphatic heterocycles. The quantitative estimate of drug-likeness (QED) is 0.764. The first kappa shape index (κ1) is 20.8. The molecule has 0 radical (unpaired) electrons. The zero-order chi connectivity index (χ0) is 20.6. The number of benzene rings is 1. The van der Waals surface area contributed by atoms with Crippen LogP contribution in [-0.2, 0) is 11.0 Å². The van der Waals surface area contributed by atoms with E-state index in [1.807, 2.05) is 0 Å². The molecule has 2 amide bonds. The van der Waals surface area contributed by atoms with Crippen molar-refractivity contribution in [2.75, 3.05) is 13.1 Å². The number of alkyl halides is 6. The second-order valence-electron chi connectivity index (χ2n) is 6.29. The lowest BCUT2D eigenvalue weighted by atomic mass is 9.96. The molecule has 0 aliphatic carbocycles. The van der Waals surface area contributed by atoms with Crippen molar-refractivity contribution in [3.63, 3.8) is 0 Å². The van der Waals surface area contributed by atoms with Gasteiger partial charge in [-0.2, -0.15) is 26.3 Å². The fourth-order valence-electron chi connectivity index (χ4n) is 2.87. The number of carbonyl (C=O) groups is 2. The minimum Gasteiger partial charge on any atom is -0.481 e. The third-order valence-corrected chi connectivity index (χ3v) is 4.42. The normalized spacial score (nSPS) is 21.8. The summed E-state index contributed by atoms with van der Waals surface area (Å²) in [7, 11) is 0. The van der Waals surface area contributed by atoms with Crippen LogP contribution in [0.15, 0.2) is 24.3 Å². The Hall–Kier alpha value is -2.46. The monoisotopic (exact) mass is 398 g/mol. The van der Waals surface area contributed by atoms with Crippen LogP contribution in [0.1, 0.15) is 24.1 Å². The van der Waals surface area contributed by atoms with Crippen molar-refractivity contribution in [1.29, 1.82) is 0 Å². The summed E-state index contributed by atoms with van der Waals surface area (Å²) in [6.45, 7) is 0.0452. The van der Waals surface area contributed by atoms with Gasteiger partial charge in [0.2, 0.25) is 0 Å². The maximum absolute atomic E-state index is 13.0. The van der Waals surface area contributed by atoms with Gasteiger partial charge in [-0.05, 0) is 24.6 Å². The van der Waals surface area contributed by atoms with Crippen LogP contribution in [0.4, 0.5) is 31.1 Å². The van der Waals surface area contributed by atoms with E-state index < -0.39 is 60.9 Å². The number of carboxylic acid groups (broad SMARTS) is 1. The summed E-state index contributed by atoms with van der Waals surface area (Å²) in [5, 5.41) is 11.3. The molecule has 0 bridgehead atoms. The Morgan fingerprint density at radius 3 is 2.07 bits per heavy atom. The lowest BCUT2D eigenvalue weighted by molar-refractivity contribution is -0.187. The van der Waals surface area contributed by atoms with E-state index in [1.165, 1.54) is 6.92 Å². The van der Waals surface area contributed by atoms with Gasteiger partial charge in [-0.3, -0.25) is 4.79 Å². The number of rotatable bonds is 3. The average Bonchev–Trinajstić information content (AvgIpc) is 3.00. The van der Waals surface area contributed by atoms with Gasteiger partial charge in [0.15, 0.2) is 0 Å². The maximum Gasteiger partial charge on any atom is 0.416 e. The number of nitrogens with zero attached hydrogens (tertiary/aromatic N) is 1. The highest BCUT2D eigenvalue weighted by molar-refractivity contribution is 5.78. The van der Waals surface area contributed by atoms with E-state index in [9.17, 15) is 35.9 Å². The fourth-order valence-corrected chi connectivity index (χ4v) is 2.87. The molecular formula is C16H16F6N2O3. The first-order valence-corrected chi connectivity index (χ1v) is 7.83. The third-order valence-electron chi connectivity index (χ3n) is 4.42. The second-order valence-corrected chi connectivity index (χ2v) is 6.29. The van der Waals surface area contributed by atoms with Crippen molar-refractivity contribution in [2.24, 2.45) is 11.8 Å². The first-order valence-electron chi connectivity index (χ1n) is 7.83. The molecule has 1 saturated heterocycles. The van der Waals surface area contributed by atoms with Crippen LogP contribution in [0.3, 0.4) is 0 Å². The molecule has 150 valence electrons. The van der Waals surface area contributed by atoms with Crippen molar-refractivity contribution in [2.45, 2.75) is 25.3 Å². The predicted molar refractivity (Wildman–Crippen MR) is 80.6 cm³/mol. The van der Waals surface area contributed by atoms with Gasteiger partial charge in [-0.25, -0.2) is 4.79 Å². The Kier molecular flexibility index (Phi) is 5.62. The molecule has 2 N–H and O–H groups in total. The van der Waals surface area contributed by atoms with Crippen LogP contribution in [0.25, 0.3) is 0 Å². The highest BCUT2D eigenvalue weighted by Crippen LogP contribution is 2.38. The largest absolute Gasteiger partial charge is 0.481 e. The molecule has 2 rings (SSSR count). The minimum atomic E-state index is -4.77.